The Bertz CT molecular complexity index is 1540. The minimum atomic E-state index is -0.555. The fourth-order valence-corrected chi connectivity index (χ4v) is 5.38. The van der Waals surface area contributed by atoms with Gasteiger partial charge in [-0.05, 0) is 91.5 Å². The summed E-state index contributed by atoms with van der Waals surface area (Å²) in [7, 11) is 1.46. The highest BCUT2D eigenvalue weighted by Crippen LogP contribution is 2.34. The molecule has 2 N–H and O–H groups in total. The number of nitrogens with one attached hydrogen (secondary N) is 2. The standard InChI is InChI=1S/C32H33N3O6S/c1-6-22-7-10-24(11-8-22)33-29(37)18-41-25-12-9-23(15-26(25)40-5)16-27-31(38)35(32(39)42-27)17-28(36)34-30-20(3)13-19(2)14-21(30)4/h7-16H,6,17-18H2,1-5H3,(H,33,37)(H,34,36)/b27-16-. The molecule has 218 valence electrons. The highest BCUT2D eigenvalue weighted by molar-refractivity contribution is 8.18. The van der Waals surface area contributed by atoms with Gasteiger partial charge in [0.2, 0.25) is 5.91 Å². The first kappa shape index (κ1) is 30.4. The van der Waals surface area contributed by atoms with Gasteiger partial charge in [-0.3, -0.25) is 24.1 Å². The van der Waals surface area contributed by atoms with E-state index < -0.39 is 23.6 Å². The Kier molecular flexibility index (Phi) is 9.69. The fraction of sp³-hybridized carbons (Fsp3) is 0.250. The molecule has 0 atom stereocenters. The van der Waals surface area contributed by atoms with Crippen LogP contribution >= 0.6 is 11.8 Å². The average Bonchev–Trinajstić information content (AvgIpc) is 3.21. The van der Waals surface area contributed by atoms with E-state index in [0.29, 0.717) is 28.4 Å². The summed E-state index contributed by atoms with van der Waals surface area (Å²) in [5, 5.41) is 5.09. The van der Waals surface area contributed by atoms with Crippen molar-refractivity contribution in [2.45, 2.75) is 34.1 Å². The zero-order valence-electron chi connectivity index (χ0n) is 24.2. The molecule has 1 saturated heterocycles. The quantitative estimate of drug-likeness (QED) is 0.285. The molecule has 4 amide bonds. The molecule has 3 aromatic carbocycles. The van der Waals surface area contributed by atoms with Gasteiger partial charge in [-0.2, -0.15) is 0 Å². The predicted octanol–water partition coefficient (Wildman–Crippen LogP) is 5.88. The fourth-order valence-electron chi connectivity index (χ4n) is 4.54. The number of ether oxygens (including phenoxy) is 2. The Morgan fingerprint density at radius 2 is 1.60 bits per heavy atom. The molecule has 1 fully saturated rings. The Hall–Kier alpha value is -4.57. The molecule has 1 heterocycles. The van der Waals surface area contributed by atoms with Gasteiger partial charge in [0, 0.05) is 11.4 Å². The van der Waals surface area contributed by atoms with Gasteiger partial charge in [0.1, 0.15) is 6.54 Å². The number of hydrogen-bond donors (Lipinski definition) is 2. The molecule has 0 bridgehead atoms. The zero-order valence-corrected chi connectivity index (χ0v) is 25.0. The van der Waals surface area contributed by atoms with E-state index in [9.17, 15) is 19.2 Å². The number of imide groups is 1. The highest BCUT2D eigenvalue weighted by atomic mass is 32.2. The molecule has 0 aliphatic carbocycles. The summed E-state index contributed by atoms with van der Waals surface area (Å²) >= 11 is 0.762. The van der Waals surface area contributed by atoms with E-state index in [4.69, 9.17) is 9.47 Å². The summed E-state index contributed by atoms with van der Waals surface area (Å²) in [5.74, 6) is -0.640. The van der Waals surface area contributed by atoms with Crippen molar-refractivity contribution in [3.63, 3.8) is 0 Å². The monoisotopic (exact) mass is 587 g/mol. The van der Waals surface area contributed by atoms with Gasteiger partial charge >= 0.3 is 0 Å². The molecule has 0 radical (unpaired) electrons. The number of thioether (sulfide) groups is 1. The maximum absolute atomic E-state index is 13.0. The lowest BCUT2D eigenvalue weighted by molar-refractivity contribution is -0.127. The maximum atomic E-state index is 13.0. The van der Waals surface area contributed by atoms with Gasteiger partial charge in [-0.25, -0.2) is 0 Å². The van der Waals surface area contributed by atoms with Crippen molar-refractivity contribution in [3.05, 3.63) is 87.3 Å². The summed E-state index contributed by atoms with van der Waals surface area (Å²) < 4.78 is 11.1. The minimum absolute atomic E-state index is 0.180. The summed E-state index contributed by atoms with van der Waals surface area (Å²) in [5.41, 5.74) is 5.99. The van der Waals surface area contributed by atoms with E-state index in [1.165, 1.54) is 12.7 Å². The highest BCUT2D eigenvalue weighted by Gasteiger charge is 2.36. The van der Waals surface area contributed by atoms with E-state index in [-0.39, 0.29) is 17.4 Å². The van der Waals surface area contributed by atoms with Crippen LogP contribution in [0.3, 0.4) is 0 Å². The van der Waals surface area contributed by atoms with E-state index >= 15 is 0 Å². The number of amides is 4. The smallest absolute Gasteiger partial charge is 0.294 e. The van der Waals surface area contributed by atoms with E-state index in [2.05, 4.69) is 17.6 Å². The van der Waals surface area contributed by atoms with Crippen molar-refractivity contribution >= 4 is 52.2 Å². The normalized spacial score (nSPS) is 13.8. The summed E-state index contributed by atoms with van der Waals surface area (Å²) in [6.07, 6.45) is 2.46. The van der Waals surface area contributed by atoms with Crippen molar-refractivity contribution < 1.29 is 28.7 Å². The van der Waals surface area contributed by atoms with Crippen LogP contribution in [0.1, 0.15) is 34.7 Å². The van der Waals surface area contributed by atoms with Crippen molar-refractivity contribution in [2.24, 2.45) is 0 Å². The van der Waals surface area contributed by atoms with Gasteiger partial charge < -0.3 is 20.1 Å². The van der Waals surface area contributed by atoms with Crippen LogP contribution < -0.4 is 20.1 Å². The van der Waals surface area contributed by atoms with Gasteiger partial charge in [0.15, 0.2) is 18.1 Å². The molecule has 10 heteroatoms. The molecule has 0 aromatic heterocycles. The van der Waals surface area contributed by atoms with Crippen LogP contribution in [0, 0.1) is 20.8 Å². The lowest BCUT2D eigenvalue weighted by Crippen LogP contribution is -2.36. The number of nitrogens with zero attached hydrogens (tertiary/aromatic N) is 1. The molecular formula is C32H33N3O6S. The second-order valence-electron chi connectivity index (χ2n) is 9.89. The number of aryl methyl sites for hydroxylation is 4. The summed E-state index contributed by atoms with van der Waals surface area (Å²) in [6.45, 7) is 7.20. The Morgan fingerprint density at radius 1 is 0.905 bits per heavy atom. The Labute approximate surface area is 249 Å². The number of methoxy groups -OCH3 is 1. The lowest BCUT2D eigenvalue weighted by Gasteiger charge is -2.16. The second kappa shape index (κ2) is 13.4. The van der Waals surface area contributed by atoms with Crippen LogP contribution in [0.2, 0.25) is 0 Å². The van der Waals surface area contributed by atoms with Gasteiger partial charge in [0.25, 0.3) is 17.1 Å². The van der Waals surface area contributed by atoms with E-state index in [1.54, 1.807) is 24.3 Å². The first-order chi connectivity index (χ1) is 20.1. The maximum Gasteiger partial charge on any atom is 0.294 e. The SMILES string of the molecule is CCc1ccc(NC(=O)COc2ccc(/C=C3\SC(=O)N(CC(=O)Nc4c(C)cc(C)cc4C)C3=O)cc2OC)cc1. The van der Waals surface area contributed by atoms with E-state index in [1.807, 2.05) is 57.2 Å². The number of carbonyl (C=O) groups excluding carboxylic acids is 4. The van der Waals surface area contributed by atoms with Crippen LogP contribution in [0.4, 0.5) is 16.2 Å². The number of carbonyl (C=O) groups is 4. The van der Waals surface area contributed by atoms with Crippen LogP contribution in [-0.4, -0.2) is 48.1 Å². The minimum Gasteiger partial charge on any atom is -0.493 e. The van der Waals surface area contributed by atoms with Crippen LogP contribution in [0.5, 0.6) is 11.5 Å². The second-order valence-corrected chi connectivity index (χ2v) is 10.9. The molecule has 3 aromatic rings. The third kappa shape index (κ3) is 7.38. The predicted molar refractivity (Wildman–Crippen MR) is 165 cm³/mol. The van der Waals surface area contributed by atoms with Gasteiger partial charge in [-0.1, -0.05) is 42.8 Å². The molecule has 1 aliphatic rings. The van der Waals surface area contributed by atoms with E-state index in [0.717, 1.165) is 39.8 Å². The van der Waals surface area contributed by atoms with Crippen LogP contribution in [-0.2, 0) is 20.8 Å². The summed E-state index contributed by atoms with van der Waals surface area (Å²) in [6, 6.07) is 16.4. The number of rotatable bonds is 10. The van der Waals surface area contributed by atoms with Gasteiger partial charge in [0.05, 0.1) is 12.0 Å². The average molecular weight is 588 g/mol. The van der Waals surface area contributed by atoms with Crippen molar-refractivity contribution in [2.75, 3.05) is 30.9 Å². The third-order valence-corrected chi connectivity index (χ3v) is 7.51. The summed E-state index contributed by atoms with van der Waals surface area (Å²) in [4.78, 5) is 51.8. The first-order valence-electron chi connectivity index (χ1n) is 13.4. The molecule has 9 nitrogen and oxygen atoms in total. The third-order valence-electron chi connectivity index (χ3n) is 6.61. The largest absolute Gasteiger partial charge is 0.493 e. The van der Waals surface area contributed by atoms with Crippen LogP contribution in [0.15, 0.2) is 59.5 Å². The number of benzene rings is 3. The topological polar surface area (TPSA) is 114 Å². The Morgan fingerprint density at radius 3 is 2.24 bits per heavy atom. The zero-order chi connectivity index (χ0) is 30.4. The van der Waals surface area contributed by atoms with Crippen molar-refractivity contribution in [3.8, 4) is 11.5 Å². The first-order valence-corrected chi connectivity index (χ1v) is 14.2. The lowest BCUT2D eigenvalue weighted by atomic mass is 10.1. The number of anilines is 2. The molecule has 0 spiro atoms. The molecule has 0 unspecified atom stereocenters. The molecular weight excluding hydrogens is 554 g/mol. The van der Waals surface area contributed by atoms with Gasteiger partial charge in [-0.15, -0.1) is 0 Å². The molecule has 4 rings (SSSR count). The van der Waals surface area contributed by atoms with Crippen LogP contribution in [0.25, 0.3) is 6.08 Å². The Balaban J connectivity index is 1.38. The van der Waals surface area contributed by atoms with Crippen molar-refractivity contribution in [1.29, 1.82) is 0 Å². The molecule has 42 heavy (non-hydrogen) atoms. The molecule has 0 saturated carbocycles. The van der Waals surface area contributed by atoms with Crippen molar-refractivity contribution in [1.82, 2.24) is 4.90 Å². The number of hydrogen-bond acceptors (Lipinski definition) is 7. The molecule has 1 aliphatic heterocycles.